The Balaban J connectivity index is 1.21. The van der Waals surface area contributed by atoms with Crippen LogP contribution in [0.15, 0.2) is 121 Å². The second kappa shape index (κ2) is 11.3. The minimum Gasteiger partial charge on any atom is -0.344 e. The fraction of sp³-hybridized carbons (Fsp3) is 0.156. The molecule has 0 bridgehead atoms. The Morgan fingerprint density at radius 2 is 1.35 bits per heavy atom. The maximum absolute atomic E-state index is 2.48. The van der Waals surface area contributed by atoms with E-state index in [1.807, 2.05) is 0 Å². The predicted octanol–water partition coefficient (Wildman–Crippen LogP) is 11.3. The average molecular weight is 594 g/mol. The summed E-state index contributed by atoms with van der Waals surface area (Å²) in [5.41, 5.74) is 11.7. The van der Waals surface area contributed by atoms with Crippen LogP contribution in [0, 0.1) is 13.8 Å². The number of hydrogen-bond donors (Lipinski definition) is 0. The molecule has 0 N–H and O–H groups in total. The fourth-order valence-corrected chi connectivity index (χ4v) is 7.53. The van der Waals surface area contributed by atoms with Crippen LogP contribution in [0.1, 0.15) is 52.6 Å². The second-order valence-electron chi connectivity index (χ2n) is 13.2. The van der Waals surface area contributed by atoms with E-state index >= 15 is 0 Å². The topological polar surface area (TPSA) is 3.24 Å². The maximum atomic E-state index is 2.48. The molecule has 0 aliphatic heterocycles. The van der Waals surface area contributed by atoms with E-state index in [1.54, 1.807) is 0 Å². The molecule has 0 fully saturated rings. The van der Waals surface area contributed by atoms with E-state index in [2.05, 4.69) is 166 Å². The van der Waals surface area contributed by atoms with Crippen molar-refractivity contribution in [3.8, 4) is 0 Å². The van der Waals surface area contributed by atoms with Crippen molar-refractivity contribution < 1.29 is 0 Å². The first-order valence-electron chi connectivity index (χ1n) is 16.5. The monoisotopic (exact) mass is 593 g/mol. The summed E-state index contributed by atoms with van der Waals surface area (Å²) in [6.07, 6.45) is 6.77. The number of fused-ring (bicyclic) bond motifs is 2. The highest BCUT2D eigenvalue weighted by molar-refractivity contribution is 6.23. The molecule has 1 aliphatic carbocycles. The molecule has 0 amide bonds. The summed E-state index contributed by atoms with van der Waals surface area (Å²) < 4.78 is 0. The van der Waals surface area contributed by atoms with E-state index in [0.29, 0.717) is 5.92 Å². The van der Waals surface area contributed by atoms with E-state index in [4.69, 9.17) is 0 Å². The van der Waals surface area contributed by atoms with Crippen LogP contribution in [-0.2, 0) is 6.42 Å². The van der Waals surface area contributed by atoms with E-state index in [9.17, 15) is 0 Å². The molecule has 1 heteroatoms. The van der Waals surface area contributed by atoms with Crippen LogP contribution < -0.4 is 10.1 Å². The molecule has 46 heavy (non-hydrogen) atoms. The third kappa shape index (κ3) is 4.88. The quantitative estimate of drug-likeness (QED) is 0.105. The summed E-state index contributed by atoms with van der Waals surface area (Å²) in [6, 6.07) is 45.2. The Hall–Kier alpha value is -5.14. The average Bonchev–Trinajstić information content (AvgIpc) is 3.09. The molecule has 224 valence electrons. The molecule has 8 rings (SSSR count). The molecule has 0 aromatic heterocycles. The van der Waals surface area contributed by atoms with E-state index in [0.717, 1.165) is 12.8 Å². The Morgan fingerprint density at radius 1 is 0.696 bits per heavy atom. The largest absolute Gasteiger partial charge is 0.344 e. The highest BCUT2D eigenvalue weighted by atomic mass is 15.1. The normalized spacial score (nSPS) is 14.6. The Morgan fingerprint density at radius 3 is 2.07 bits per heavy atom. The van der Waals surface area contributed by atoms with Gasteiger partial charge in [-0.25, -0.2) is 0 Å². The summed E-state index contributed by atoms with van der Waals surface area (Å²) >= 11 is 0. The van der Waals surface area contributed by atoms with Gasteiger partial charge in [-0.1, -0.05) is 133 Å². The van der Waals surface area contributed by atoms with Gasteiger partial charge in [0.05, 0.1) is 0 Å². The molecule has 1 nitrogen and oxygen atoms in total. The zero-order chi connectivity index (χ0) is 31.4. The number of rotatable bonds is 6. The Kier molecular flexibility index (Phi) is 6.99. The van der Waals surface area contributed by atoms with Crippen LogP contribution in [0.25, 0.3) is 50.0 Å². The SMILES string of the molecule is Cc1ccc(/C=C(/Cc2ccc(C)cc2)c2ccc(N(C)c3ccc4c5c3C(C)CC=c5c3cccc5cccc4c53)cc2)cc1. The minimum atomic E-state index is 0.443. The molecular weight excluding hydrogens is 555 g/mol. The lowest BCUT2D eigenvalue weighted by Crippen LogP contribution is -2.19. The molecule has 7 aromatic carbocycles. The number of anilines is 2. The summed E-state index contributed by atoms with van der Waals surface area (Å²) in [7, 11) is 2.23. The molecular formula is C45H39N. The van der Waals surface area contributed by atoms with Crippen molar-refractivity contribution in [3.63, 3.8) is 0 Å². The number of hydrogen-bond acceptors (Lipinski definition) is 1. The number of nitrogens with zero attached hydrogens (tertiary/aromatic N) is 1. The molecule has 0 saturated carbocycles. The van der Waals surface area contributed by atoms with Crippen LogP contribution in [0.2, 0.25) is 0 Å². The summed E-state index contributed by atoms with van der Waals surface area (Å²) in [6.45, 7) is 6.68. The Bertz CT molecular complexity index is 2320. The second-order valence-corrected chi connectivity index (χ2v) is 13.2. The standard InChI is InChI=1S/C45H39N/c1-29-11-16-32(17-12-29)27-36(28-33-18-13-30(2)14-19-33)34-20-22-37(23-21-34)46(4)42-26-25-41-39-10-6-8-35-7-5-9-38(44(35)39)40-24-15-31(3)43(42)45(40)41/h5-14,16-27,31H,15,28H2,1-4H3/b36-27-. The van der Waals surface area contributed by atoms with Crippen molar-refractivity contribution in [2.45, 2.75) is 39.5 Å². The van der Waals surface area contributed by atoms with Gasteiger partial charge in [0.2, 0.25) is 0 Å². The lowest BCUT2D eigenvalue weighted by molar-refractivity contribution is 0.801. The summed E-state index contributed by atoms with van der Waals surface area (Å²) in [5, 5.41) is 9.64. The van der Waals surface area contributed by atoms with Gasteiger partial charge in [0.1, 0.15) is 0 Å². The van der Waals surface area contributed by atoms with Crippen molar-refractivity contribution in [3.05, 3.63) is 160 Å². The highest BCUT2D eigenvalue weighted by Crippen LogP contribution is 2.43. The minimum absolute atomic E-state index is 0.443. The van der Waals surface area contributed by atoms with Gasteiger partial charge in [-0.05, 0) is 116 Å². The molecule has 1 unspecified atom stereocenters. The van der Waals surface area contributed by atoms with E-state index < -0.39 is 0 Å². The molecule has 0 saturated heterocycles. The Labute approximate surface area is 272 Å². The first kappa shape index (κ1) is 28.3. The maximum Gasteiger partial charge on any atom is 0.0450 e. The smallest absolute Gasteiger partial charge is 0.0450 e. The lowest BCUT2D eigenvalue weighted by atomic mass is 9.82. The number of benzene rings is 7. The third-order valence-corrected chi connectivity index (χ3v) is 10.1. The van der Waals surface area contributed by atoms with E-state index in [-0.39, 0.29) is 0 Å². The summed E-state index contributed by atoms with van der Waals surface area (Å²) in [4.78, 5) is 2.39. The van der Waals surface area contributed by atoms with Crippen molar-refractivity contribution in [1.82, 2.24) is 0 Å². The van der Waals surface area contributed by atoms with Crippen LogP contribution in [-0.4, -0.2) is 7.05 Å². The van der Waals surface area contributed by atoms with Gasteiger partial charge in [-0.2, -0.15) is 0 Å². The van der Waals surface area contributed by atoms with Crippen LogP contribution in [0.5, 0.6) is 0 Å². The van der Waals surface area contributed by atoms with Gasteiger partial charge >= 0.3 is 0 Å². The van der Waals surface area contributed by atoms with Gasteiger partial charge in [-0.15, -0.1) is 0 Å². The van der Waals surface area contributed by atoms with Crippen molar-refractivity contribution in [2.24, 2.45) is 0 Å². The molecule has 0 radical (unpaired) electrons. The van der Waals surface area contributed by atoms with Crippen LogP contribution >= 0.6 is 0 Å². The number of aryl methyl sites for hydroxylation is 2. The zero-order valence-corrected chi connectivity index (χ0v) is 27.1. The fourth-order valence-electron chi connectivity index (χ4n) is 7.53. The van der Waals surface area contributed by atoms with Crippen molar-refractivity contribution in [1.29, 1.82) is 0 Å². The zero-order valence-electron chi connectivity index (χ0n) is 27.1. The van der Waals surface area contributed by atoms with Gasteiger partial charge in [0.15, 0.2) is 0 Å². The van der Waals surface area contributed by atoms with Crippen LogP contribution in [0.4, 0.5) is 11.4 Å². The van der Waals surface area contributed by atoms with Crippen molar-refractivity contribution >= 4 is 61.4 Å². The van der Waals surface area contributed by atoms with Gasteiger partial charge in [0.25, 0.3) is 0 Å². The summed E-state index contributed by atoms with van der Waals surface area (Å²) in [5.74, 6) is 0.443. The lowest BCUT2D eigenvalue weighted by Gasteiger charge is -2.29. The van der Waals surface area contributed by atoms with Gasteiger partial charge in [-0.3, -0.25) is 0 Å². The molecule has 0 heterocycles. The number of allylic oxidation sites excluding steroid dienone is 1. The highest BCUT2D eigenvalue weighted by Gasteiger charge is 2.23. The van der Waals surface area contributed by atoms with Crippen LogP contribution in [0.3, 0.4) is 0 Å². The first-order valence-corrected chi connectivity index (χ1v) is 16.5. The van der Waals surface area contributed by atoms with Gasteiger partial charge < -0.3 is 4.90 Å². The molecule has 1 aliphatic rings. The third-order valence-electron chi connectivity index (χ3n) is 10.1. The van der Waals surface area contributed by atoms with Crippen molar-refractivity contribution in [2.75, 3.05) is 11.9 Å². The first-order chi connectivity index (χ1) is 22.4. The predicted molar refractivity (Wildman–Crippen MR) is 200 cm³/mol. The van der Waals surface area contributed by atoms with Gasteiger partial charge in [0, 0.05) is 18.4 Å². The molecule has 7 aromatic rings. The van der Waals surface area contributed by atoms with E-state index in [1.165, 1.54) is 87.9 Å². The molecule has 0 spiro atoms. The molecule has 1 atom stereocenters.